The van der Waals surface area contributed by atoms with E-state index in [2.05, 4.69) is 10.7 Å². The van der Waals surface area contributed by atoms with Gasteiger partial charge in [0.25, 0.3) is 0 Å². The van der Waals surface area contributed by atoms with Gasteiger partial charge in [0, 0.05) is 29.2 Å². The number of hydrogen-bond acceptors (Lipinski definition) is 11. The van der Waals surface area contributed by atoms with Crippen molar-refractivity contribution < 1.29 is 38.1 Å². The lowest BCUT2D eigenvalue weighted by Crippen LogP contribution is -2.46. The van der Waals surface area contributed by atoms with Gasteiger partial charge in [-0.2, -0.15) is 0 Å². The van der Waals surface area contributed by atoms with E-state index in [4.69, 9.17) is 50.7 Å². The van der Waals surface area contributed by atoms with Gasteiger partial charge in [-0.1, -0.05) is 23.7 Å². The molecule has 2 aliphatic heterocycles. The molecule has 2 aliphatic rings. The third-order valence-electron chi connectivity index (χ3n) is 7.53. The highest BCUT2D eigenvalue weighted by Gasteiger charge is 2.53. The SMILES string of the molecule is CCNC(=O)CC1N=C(c2ccc(Cl)cc2)c2cc(OCCOCCOCCOCCOCCOCCN)ccc2N2C(C)N[N+](=O)C12. The zero-order chi connectivity index (χ0) is 34.1. The molecular weight excluding hydrogens is 644 g/mol. The number of amides is 1. The topological polar surface area (TPSA) is 158 Å². The molecule has 48 heavy (non-hydrogen) atoms. The van der Waals surface area contributed by atoms with Crippen molar-refractivity contribution in [3.63, 3.8) is 0 Å². The van der Waals surface area contributed by atoms with E-state index in [1.165, 1.54) is 0 Å². The summed E-state index contributed by atoms with van der Waals surface area (Å²) in [5.41, 5.74) is 11.3. The first-order valence-corrected chi connectivity index (χ1v) is 16.8. The molecule has 14 nitrogen and oxygen atoms in total. The van der Waals surface area contributed by atoms with Gasteiger partial charge in [0.2, 0.25) is 5.91 Å². The molecule has 4 rings (SSSR count). The number of carbonyl (C=O) groups is 1. The molecule has 4 N–H and O–H groups in total. The number of fused-ring (bicyclic) bond motifs is 3. The van der Waals surface area contributed by atoms with Crippen LogP contribution in [0.4, 0.5) is 5.69 Å². The molecule has 15 heteroatoms. The number of carbonyl (C=O) groups excluding carboxylic acids is 1. The molecule has 0 aliphatic carbocycles. The molecule has 3 atom stereocenters. The van der Waals surface area contributed by atoms with Crippen molar-refractivity contribution in [3.8, 4) is 5.75 Å². The number of anilines is 1. The molecular formula is C33H48ClN6O8+. The number of hydrazine groups is 1. The van der Waals surface area contributed by atoms with E-state index < -0.39 is 12.2 Å². The largest absolute Gasteiger partial charge is 0.491 e. The summed E-state index contributed by atoms with van der Waals surface area (Å²) in [6.07, 6.45) is -1.01. The highest BCUT2D eigenvalue weighted by atomic mass is 35.5. The Labute approximate surface area is 286 Å². The van der Waals surface area contributed by atoms with Crippen molar-refractivity contribution in [1.82, 2.24) is 10.7 Å². The number of halogens is 1. The Balaban J connectivity index is 1.30. The summed E-state index contributed by atoms with van der Waals surface area (Å²) in [5.74, 6) is 0.447. The Kier molecular flexibility index (Phi) is 15.8. The van der Waals surface area contributed by atoms with Crippen molar-refractivity contribution in [1.29, 1.82) is 0 Å². The molecule has 2 aromatic rings. The van der Waals surface area contributed by atoms with Crippen LogP contribution in [-0.4, -0.2) is 121 Å². The van der Waals surface area contributed by atoms with Gasteiger partial charge in [-0.15, -0.1) is 5.43 Å². The van der Waals surface area contributed by atoms with E-state index in [1.54, 1.807) is 12.1 Å². The van der Waals surface area contributed by atoms with Gasteiger partial charge in [0.05, 0.1) is 88.8 Å². The fraction of sp³-hybridized carbons (Fsp3) is 0.576. The van der Waals surface area contributed by atoms with Crippen LogP contribution in [0.25, 0.3) is 0 Å². The number of hydrogen-bond donors (Lipinski definition) is 3. The molecule has 264 valence electrons. The van der Waals surface area contributed by atoms with Crippen molar-refractivity contribution in [2.45, 2.75) is 38.6 Å². The molecule has 1 fully saturated rings. The fourth-order valence-corrected chi connectivity index (χ4v) is 5.54. The highest BCUT2D eigenvalue weighted by molar-refractivity contribution is 6.30. The number of nitroso groups, excluding NO2 is 1. The first-order chi connectivity index (χ1) is 23.4. The van der Waals surface area contributed by atoms with Crippen LogP contribution in [0.3, 0.4) is 0 Å². The van der Waals surface area contributed by atoms with Crippen molar-refractivity contribution in [2.75, 3.05) is 90.7 Å². The summed E-state index contributed by atoms with van der Waals surface area (Å²) in [6.45, 7) is 9.83. The van der Waals surface area contributed by atoms with Gasteiger partial charge in [-0.05, 0) is 44.2 Å². The summed E-state index contributed by atoms with van der Waals surface area (Å²) in [4.78, 5) is 33.7. The predicted octanol–water partition coefficient (Wildman–Crippen LogP) is 2.28. The van der Waals surface area contributed by atoms with Crippen LogP contribution in [0.15, 0.2) is 47.5 Å². The van der Waals surface area contributed by atoms with E-state index in [1.807, 2.05) is 49.1 Å². The highest BCUT2D eigenvalue weighted by Crippen LogP contribution is 2.37. The van der Waals surface area contributed by atoms with Gasteiger partial charge in [0.15, 0.2) is 6.17 Å². The Morgan fingerprint density at radius 3 is 2.08 bits per heavy atom. The van der Waals surface area contributed by atoms with Crippen LogP contribution >= 0.6 is 11.6 Å². The molecule has 0 bridgehead atoms. The fourth-order valence-electron chi connectivity index (χ4n) is 5.41. The van der Waals surface area contributed by atoms with Crippen LogP contribution < -0.4 is 26.1 Å². The molecule has 2 aromatic carbocycles. The standard InChI is InChI=1S/C33H47ClN6O8/c1-3-36-31(41)23-29-33-39(24(2)38-40(33)42)30-9-8-27(22-28(30)32(37-29)25-4-6-26(34)7-5-25)48-21-20-47-19-18-46-17-16-45-15-14-44-13-12-43-11-10-35/h4-9,22,24,29,33H,3,10-21,23,35H2,1-2H3,(H-,36,38,41,42)/p+1. The number of ether oxygens (including phenoxy) is 6. The lowest BCUT2D eigenvalue weighted by atomic mass is 9.99. The van der Waals surface area contributed by atoms with E-state index in [0.717, 1.165) is 21.7 Å². The summed E-state index contributed by atoms with van der Waals surface area (Å²) in [6, 6.07) is 12.4. The van der Waals surface area contributed by atoms with E-state index in [9.17, 15) is 9.70 Å². The van der Waals surface area contributed by atoms with Crippen LogP contribution in [0.1, 0.15) is 31.4 Å². The van der Waals surface area contributed by atoms with E-state index in [0.29, 0.717) is 102 Å². The van der Waals surface area contributed by atoms with E-state index in [-0.39, 0.29) is 18.5 Å². The smallest absolute Gasteiger partial charge is 0.333 e. The second-order valence-electron chi connectivity index (χ2n) is 11.0. The zero-order valence-corrected chi connectivity index (χ0v) is 28.5. The molecule has 2 heterocycles. The molecule has 0 saturated carbocycles. The van der Waals surface area contributed by atoms with Crippen molar-refractivity contribution >= 4 is 28.9 Å². The van der Waals surface area contributed by atoms with Gasteiger partial charge in [-0.25, -0.2) is 0 Å². The predicted molar refractivity (Wildman–Crippen MR) is 182 cm³/mol. The number of aliphatic imine (C=N–C) groups is 1. The quantitative estimate of drug-likeness (QED) is 0.123. The second-order valence-corrected chi connectivity index (χ2v) is 11.5. The van der Waals surface area contributed by atoms with Crippen LogP contribution in [0.2, 0.25) is 5.02 Å². The van der Waals surface area contributed by atoms with Gasteiger partial charge in [0.1, 0.15) is 23.3 Å². The Bertz CT molecular complexity index is 1330. The molecule has 3 unspecified atom stereocenters. The maximum absolute atomic E-state index is 13.2. The number of nitrogens with two attached hydrogens (primary N) is 1. The number of benzene rings is 2. The third kappa shape index (κ3) is 11.1. The summed E-state index contributed by atoms with van der Waals surface area (Å²) in [5, 5.41) is 3.43. The Hall–Kier alpha value is -3.37. The first kappa shape index (κ1) is 37.4. The van der Waals surface area contributed by atoms with E-state index >= 15 is 0 Å². The lowest BCUT2D eigenvalue weighted by Gasteiger charge is -2.24. The number of rotatable bonds is 22. The third-order valence-corrected chi connectivity index (χ3v) is 7.78. The molecule has 1 amide bonds. The molecule has 1 saturated heterocycles. The normalized spacial score (nSPS) is 18.5. The van der Waals surface area contributed by atoms with Crippen LogP contribution in [-0.2, 0) is 28.5 Å². The van der Waals surface area contributed by atoms with Gasteiger partial charge in [-0.3, -0.25) is 14.7 Å². The Morgan fingerprint density at radius 2 is 1.50 bits per heavy atom. The minimum absolute atomic E-state index is 0.0477. The maximum atomic E-state index is 13.2. The minimum Gasteiger partial charge on any atom is -0.491 e. The summed E-state index contributed by atoms with van der Waals surface area (Å²) >= 11 is 6.21. The van der Waals surface area contributed by atoms with Gasteiger partial charge >= 0.3 is 6.17 Å². The van der Waals surface area contributed by atoms with Crippen molar-refractivity contribution in [3.05, 3.63) is 63.5 Å². The second kappa shape index (κ2) is 20.2. The summed E-state index contributed by atoms with van der Waals surface area (Å²) < 4.78 is 33.4. The summed E-state index contributed by atoms with van der Waals surface area (Å²) in [7, 11) is 0. The van der Waals surface area contributed by atoms with Crippen molar-refractivity contribution in [2.24, 2.45) is 10.7 Å². The monoisotopic (exact) mass is 691 g/mol. The molecule has 0 aromatic heterocycles. The zero-order valence-electron chi connectivity index (χ0n) is 27.7. The maximum Gasteiger partial charge on any atom is 0.333 e. The number of nitrogens with zero attached hydrogens (tertiary/aromatic N) is 3. The first-order valence-electron chi connectivity index (χ1n) is 16.4. The minimum atomic E-state index is -0.730. The lowest BCUT2D eigenvalue weighted by molar-refractivity contribution is -0.622. The van der Waals surface area contributed by atoms with Crippen LogP contribution in [0.5, 0.6) is 5.75 Å². The Morgan fingerprint density at radius 1 is 0.917 bits per heavy atom. The number of nitrogens with one attached hydrogen (secondary N) is 2. The van der Waals surface area contributed by atoms with Crippen LogP contribution in [0, 0.1) is 4.91 Å². The molecule has 0 radical (unpaired) electrons. The van der Waals surface area contributed by atoms with Gasteiger partial charge < -0.3 is 39.5 Å². The average Bonchev–Trinajstić information content (AvgIpc) is 3.29. The average molecular weight is 692 g/mol. The molecule has 0 spiro atoms.